The number of amides is 2. The lowest BCUT2D eigenvalue weighted by molar-refractivity contribution is 0.0971. The summed E-state index contributed by atoms with van der Waals surface area (Å²) in [6, 6.07) is 7.12. The van der Waals surface area contributed by atoms with E-state index in [4.69, 9.17) is 21.9 Å². The third-order valence-corrected chi connectivity index (χ3v) is 4.02. The molecule has 0 spiro atoms. The molecular weight excluding hydrogens is 278 g/mol. The molecule has 1 heterocycles. The summed E-state index contributed by atoms with van der Waals surface area (Å²) in [5.74, 6) is -0.946. The number of primary amides is 2. The Bertz CT molecular complexity index is 694. The average molecular weight is 291 g/mol. The van der Waals surface area contributed by atoms with Crippen LogP contribution >= 0.6 is 11.3 Å². The van der Waals surface area contributed by atoms with Crippen molar-refractivity contribution in [1.82, 2.24) is 0 Å². The predicted octanol–water partition coefficient (Wildman–Crippen LogP) is 1.20. The number of nitrogen functional groups attached to an aromatic ring is 1. The van der Waals surface area contributed by atoms with Crippen molar-refractivity contribution < 1.29 is 14.3 Å². The van der Waals surface area contributed by atoms with Crippen molar-refractivity contribution in [2.75, 3.05) is 12.8 Å². The molecule has 6 nitrogen and oxygen atoms in total. The number of rotatable bonds is 4. The van der Waals surface area contributed by atoms with E-state index in [1.54, 1.807) is 24.3 Å². The van der Waals surface area contributed by atoms with Gasteiger partial charge in [-0.15, -0.1) is 11.3 Å². The number of para-hydroxylation sites is 1. The Labute approximate surface area is 119 Å². The lowest BCUT2D eigenvalue weighted by atomic mass is 10.1. The third kappa shape index (κ3) is 2.19. The second-order valence-electron chi connectivity index (χ2n) is 3.98. The third-order valence-electron chi connectivity index (χ3n) is 2.77. The number of anilines is 1. The maximum atomic E-state index is 11.5. The van der Waals surface area contributed by atoms with Crippen LogP contribution in [0.2, 0.25) is 0 Å². The largest absolute Gasteiger partial charge is 0.496 e. The van der Waals surface area contributed by atoms with Gasteiger partial charge in [-0.2, -0.15) is 0 Å². The zero-order valence-corrected chi connectivity index (χ0v) is 11.5. The van der Waals surface area contributed by atoms with E-state index in [0.717, 1.165) is 11.3 Å². The molecule has 2 aromatic rings. The van der Waals surface area contributed by atoms with Crippen molar-refractivity contribution in [1.29, 1.82) is 0 Å². The summed E-state index contributed by atoms with van der Waals surface area (Å²) >= 11 is 1.02. The lowest BCUT2D eigenvalue weighted by Gasteiger charge is -2.07. The number of nitrogens with two attached hydrogens (primary N) is 3. The van der Waals surface area contributed by atoms with E-state index in [1.165, 1.54) is 7.11 Å². The van der Waals surface area contributed by atoms with E-state index in [2.05, 4.69) is 0 Å². The first-order chi connectivity index (χ1) is 9.47. The molecule has 2 amide bonds. The van der Waals surface area contributed by atoms with Crippen LogP contribution in [0.1, 0.15) is 20.0 Å². The number of carbonyl (C=O) groups is 2. The molecule has 7 heteroatoms. The van der Waals surface area contributed by atoms with Crippen LogP contribution in [0.4, 0.5) is 5.69 Å². The number of hydrogen-bond acceptors (Lipinski definition) is 5. The number of thiophene rings is 1. The highest BCUT2D eigenvalue weighted by Gasteiger charge is 2.25. The van der Waals surface area contributed by atoms with Gasteiger partial charge in [0, 0.05) is 5.56 Å². The highest BCUT2D eigenvalue weighted by atomic mass is 32.1. The number of methoxy groups -OCH3 is 1. The van der Waals surface area contributed by atoms with Crippen LogP contribution in [0.5, 0.6) is 5.75 Å². The van der Waals surface area contributed by atoms with Gasteiger partial charge in [0.25, 0.3) is 11.8 Å². The second kappa shape index (κ2) is 5.22. The Balaban J connectivity index is 2.73. The van der Waals surface area contributed by atoms with Gasteiger partial charge < -0.3 is 21.9 Å². The molecule has 20 heavy (non-hydrogen) atoms. The molecule has 0 fully saturated rings. The van der Waals surface area contributed by atoms with Crippen LogP contribution < -0.4 is 21.9 Å². The Hall–Kier alpha value is -2.54. The second-order valence-corrected chi connectivity index (χ2v) is 5.00. The Morgan fingerprint density at radius 3 is 2.30 bits per heavy atom. The molecule has 0 bridgehead atoms. The van der Waals surface area contributed by atoms with Crippen molar-refractivity contribution in [3.8, 4) is 16.2 Å². The smallest absolute Gasteiger partial charge is 0.259 e. The van der Waals surface area contributed by atoms with Gasteiger partial charge in [-0.05, 0) is 12.1 Å². The fourth-order valence-electron chi connectivity index (χ4n) is 1.89. The van der Waals surface area contributed by atoms with Crippen LogP contribution in [0.25, 0.3) is 10.4 Å². The van der Waals surface area contributed by atoms with Crippen LogP contribution in [0, 0.1) is 0 Å². The summed E-state index contributed by atoms with van der Waals surface area (Å²) in [6.45, 7) is 0. The van der Waals surface area contributed by atoms with E-state index in [-0.39, 0.29) is 16.1 Å². The first-order valence-electron chi connectivity index (χ1n) is 5.62. The van der Waals surface area contributed by atoms with E-state index in [1.807, 2.05) is 0 Å². The van der Waals surface area contributed by atoms with Crippen LogP contribution in [-0.4, -0.2) is 18.9 Å². The molecule has 0 aliphatic rings. The van der Waals surface area contributed by atoms with E-state index in [0.29, 0.717) is 16.2 Å². The number of carbonyl (C=O) groups excluding carboxylic acids is 2. The molecule has 6 N–H and O–H groups in total. The van der Waals surface area contributed by atoms with Gasteiger partial charge in [-0.1, -0.05) is 12.1 Å². The topological polar surface area (TPSA) is 121 Å². The zero-order valence-electron chi connectivity index (χ0n) is 10.7. The Morgan fingerprint density at radius 1 is 1.15 bits per heavy atom. The molecule has 0 unspecified atom stereocenters. The minimum atomic E-state index is -0.784. The number of benzene rings is 1. The minimum absolute atomic E-state index is 0.0385. The van der Waals surface area contributed by atoms with Gasteiger partial charge in [0.05, 0.1) is 23.2 Å². The standard InChI is InChI=1S/C13H13N3O3S/c1-19-7-5-3-2-4-6(7)10-9(14)8(12(15)17)11(20-10)13(16)18/h2-5H,14H2,1H3,(H2,15,17)(H2,16,18). The maximum absolute atomic E-state index is 11.5. The summed E-state index contributed by atoms with van der Waals surface area (Å²) in [4.78, 5) is 23.5. The van der Waals surface area contributed by atoms with Gasteiger partial charge in [-0.25, -0.2) is 0 Å². The van der Waals surface area contributed by atoms with Crippen molar-refractivity contribution in [3.63, 3.8) is 0 Å². The summed E-state index contributed by atoms with van der Waals surface area (Å²) in [7, 11) is 1.52. The van der Waals surface area contributed by atoms with Crippen molar-refractivity contribution >= 4 is 28.8 Å². The lowest BCUT2D eigenvalue weighted by Crippen LogP contribution is -2.19. The monoisotopic (exact) mass is 291 g/mol. The number of hydrogen-bond donors (Lipinski definition) is 3. The van der Waals surface area contributed by atoms with Crippen molar-refractivity contribution in [2.24, 2.45) is 11.5 Å². The minimum Gasteiger partial charge on any atom is -0.496 e. The summed E-state index contributed by atoms with van der Waals surface area (Å²) in [5.41, 5.74) is 17.2. The molecule has 0 atom stereocenters. The van der Waals surface area contributed by atoms with E-state index < -0.39 is 11.8 Å². The summed E-state index contributed by atoms with van der Waals surface area (Å²) in [5, 5.41) is 0. The predicted molar refractivity (Wildman–Crippen MR) is 77.8 cm³/mol. The fourth-order valence-corrected chi connectivity index (χ4v) is 3.00. The average Bonchev–Trinajstić information content (AvgIpc) is 2.76. The van der Waals surface area contributed by atoms with Gasteiger partial charge in [-0.3, -0.25) is 9.59 Å². The zero-order chi connectivity index (χ0) is 14.9. The highest BCUT2D eigenvalue weighted by molar-refractivity contribution is 7.18. The summed E-state index contributed by atoms with van der Waals surface area (Å²) < 4.78 is 5.24. The molecule has 0 saturated carbocycles. The van der Waals surface area contributed by atoms with Crippen LogP contribution in [0.3, 0.4) is 0 Å². The van der Waals surface area contributed by atoms with Crippen LogP contribution in [-0.2, 0) is 0 Å². The Morgan fingerprint density at radius 2 is 1.80 bits per heavy atom. The molecule has 0 saturated heterocycles. The number of ether oxygens (including phenoxy) is 1. The molecule has 0 aliphatic carbocycles. The molecule has 1 aromatic heterocycles. The fraction of sp³-hybridized carbons (Fsp3) is 0.0769. The van der Waals surface area contributed by atoms with Crippen molar-refractivity contribution in [2.45, 2.75) is 0 Å². The van der Waals surface area contributed by atoms with E-state index >= 15 is 0 Å². The summed E-state index contributed by atoms with van der Waals surface area (Å²) in [6.07, 6.45) is 0. The molecular formula is C13H13N3O3S. The molecule has 2 rings (SSSR count). The maximum Gasteiger partial charge on any atom is 0.259 e. The van der Waals surface area contributed by atoms with Gasteiger partial charge in [0.1, 0.15) is 10.6 Å². The van der Waals surface area contributed by atoms with Crippen LogP contribution in [0.15, 0.2) is 24.3 Å². The first kappa shape index (κ1) is 13.9. The van der Waals surface area contributed by atoms with Gasteiger partial charge >= 0.3 is 0 Å². The van der Waals surface area contributed by atoms with Gasteiger partial charge in [0.2, 0.25) is 0 Å². The molecule has 0 radical (unpaired) electrons. The Kier molecular flexibility index (Phi) is 3.62. The molecule has 1 aromatic carbocycles. The first-order valence-corrected chi connectivity index (χ1v) is 6.44. The molecule has 104 valence electrons. The van der Waals surface area contributed by atoms with Gasteiger partial charge in [0.15, 0.2) is 0 Å². The van der Waals surface area contributed by atoms with E-state index in [9.17, 15) is 9.59 Å². The normalized spacial score (nSPS) is 10.2. The quantitative estimate of drug-likeness (QED) is 0.783. The molecule has 0 aliphatic heterocycles. The SMILES string of the molecule is COc1ccccc1-c1sc(C(N)=O)c(C(N)=O)c1N. The highest BCUT2D eigenvalue weighted by Crippen LogP contribution is 2.42. The van der Waals surface area contributed by atoms with Crippen molar-refractivity contribution in [3.05, 3.63) is 34.7 Å².